The standard InChI is InChI=1S/C10H19NO/c1-7-5-12-6-8(7)11-9-4-10(9,2)3/h7-9,11H,4-6H2,1-3H3. The minimum atomic E-state index is 0.544. The first-order chi connectivity index (χ1) is 5.59. The van der Waals surface area contributed by atoms with E-state index < -0.39 is 0 Å². The van der Waals surface area contributed by atoms with Crippen LogP contribution in [0.3, 0.4) is 0 Å². The zero-order valence-electron chi connectivity index (χ0n) is 8.26. The monoisotopic (exact) mass is 169 g/mol. The summed E-state index contributed by atoms with van der Waals surface area (Å²) < 4.78 is 5.40. The summed E-state index contributed by atoms with van der Waals surface area (Å²) >= 11 is 0. The van der Waals surface area contributed by atoms with Gasteiger partial charge in [-0.2, -0.15) is 0 Å². The van der Waals surface area contributed by atoms with Crippen LogP contribution in [0.1, 0.15) is 27.2 Å². The Kier molecular flexibility index (Phi) is 1.92. The van der Waals surface area contributed by atoms with Crippen molar-refractivity contribution in [3.8, 4) is 0 Å². The van der Waals surface area contributed by atoms with Crippen molar-refractivity contribution in [1.29, 1.82) is 0 Å². The quantitative estimate of drug-likeness (QED) is 0.675. The molecule has 1 aliphatic heterocycles. The van der Waals surface area contributed by atoms with Crippen molar-refractivity contribution in [2.45, 2.75) is 39.3 Å². The first kappa shape index (κ1) is 8.52. The summed E-state index contributed by atoms with van der Waals surface area (Å²) in [5, 5.41) is 3.67. The van der Waals surface area contributed by atoms with E-state index in [-0.39, 0.29) is 0 Å². The molecular weight excluding hydrogens is 150 g/mol. The summed E-state index contributed by atoms with van der Waals surface area (Å²) in [6, 6.07) is 1.35. The summed E-state index contributed by atoms with van der Waals surface area (Å²) in [5.41, 5.74) is 0.544. The number of nitrogens with one attached hydrogen (secondary N) is 1. The van der Waals surface area contributed by atoms with Gasteiger partial charge in [0.2, 0.25) is 0 Å². The maximum absolute atomic E-state index is 5.40. The predicted molar refractivity (Wildman–Crippen MR) is 49.1 cm³/mol. The molecule has 3 atom stereocenters. The van der Waals surface area contributed by atoms with Gasteiger partial charge in [-0.15, -0.1) is 0 Å². The van der Waals surface area contributed by atoms with Gasteiger partial charge in [0.05, 0.1) is 13.2 Å². The molecule has 0 radical (unpaired) electrons. The molecule has 2 heteroatoms. The van der Waals surface area contributed by atoms with Crippen molar-refractivity contribution in [3.05, 3.63) is 0 Å². The van der Waals surface area contributed by atoms with Crippen LogP contribution in [-0.4, -0.2) is 25.3 Å². The lowest BCUT2D eigenvalue weighted by Gasteiger charge is -2.16. The van der Waals surface area contributed by atoms with Crippen LogP contribution in [0.25, 0.3) is 0 Å². The Morgan fingerprint density at radius 2 is 2.00 bits per heavy atom. The number of rotatable bonds is 2. The van der Waals surface area contributed by atoms with Crippen LogP contribution >= 0.6 is 0 Å². The maximum atomic E-state index is 5.40. The van der Waals surface area contributed by atoms with Crippen LogP contribution in [-0.2, 0) is 4.74 Å². The van der Waals surface area contributed by atoms with Crippen molar-refractivity contribution in [1.82, 2.24) is 5.32 Å². The molecular formula is C10H19NO. The summed E-state index contributed by atoms with van der Waals surface area (Å²) in [6.45, 7) is 8.76. The van der Waals surface area contributed by atoms with E-state index in [1.54, 1.807) is 0 Å². The molecule has 0 bridgehead atoms. The molecule has 12 heavy (non-hydrogen) atoms. The second kappa shape index (κ2) is 2.71. The lowest BCUT2D eigenvalue weighted by Crippen LogP contribution is -2.37. The molecule has 1 heterocycles. The number of hydrogen-bond donors (Lipinski definition) is 1. The van der Waals surface area contributed by atoms with Crippen LogP contribution in [0.4, 0.5) is 0 Å². The first-order valence-electron chi connectivity index (χ1n) is 4.93. The van der Waals surface area contributed by atoms with E-state index in [0.29, 0.717) is 17.4 Å². The average Bonchev–Trinajstić information content (AvgIpc) is 2.39. The molecule has 0 amide bonds. The highest BCUT2D eigenvalue weighted by Crippen LogP contribution is 2.45. The van der Waals surface area contributed by atoms with Crippen molar-refractivity contribution >= 4 is 0 Å². The van der Waals surface area contributed by atoms with Crippen molar-refractivity contribution < 1.29 is 4.74 Å². The van der Waals surface area contributed by atoms with Crippen LogP contribution in [0.5, 0.6) is 0 Å². The fourth-order valence-corrected chi connectivity index (χ4v) is 1.88. The molecule has 0 aromatic heterocycles. The predicted octanol–water partition coefficient (Wildman–Crippen LogP) is 1.41. The van der Waals surface area contributed by atoms with E-state index in [1.807, 2.05) is 0 Å². The van der Waals surface area contributed by atoms with Gasteiger partial charge in [0, 0.05) is 12.1 Å². The Hall–Kier alpha value is -0.0800. The average molecular weight is 169 g/mol. The SMILES string of the molecule is CC1COCC1NC1CC1(C)C. The molecule has 2 fully saturated rings. The summed E-state index contributed by atoms with van der Waals surface area (Å²) in [7, 11) is 0. The molecule has 70 valence electrons. The zero-order valence-corrected chi connectivity index (χ0v) is 8.26. The molecule has 1 aliphatic carbocycles. The third-order valence-corrected chi connectivity index (χ3v) is 3.29. The van der Waals surface area contributed by atoms with Gasteiger partial charge in [-0.05, 0) is 17.8 Å². The molecule has 0 aromatic carbocycles. The van der Waals surface area contributed by atoms with Crippen LogP contribution in [0, 0.1) is 11.3 Å². The van der Waals surface area contributed by atoms with Gasteiger partial charge >= 0.3 is 0 Å². The van der Waals surface area contributed by atoms with E-state index in [4.69, 9.17) is 4.74 Å². The smallest absolute Gasteiger partial charge is 0.0623 e. The minimum Gasteiger partial charge on any atom is -0.379 e. The molecule has 0 spiro atoms. The molecule has 1 saturated carbocycles. The van der Waals surface area contributed by atoms with E-state index in [0.717, 1.165) is 19.3 Å². The Labute approximate surface area is 74.7 Å². The van der Waals surface area contributed by atoms with Gasteiger partial charge in [0.15, 0.2) is 0 Å². The first-order valence-corrected chi connectivity index (χ1v) is 4.93. The molecule has 0 aromatic rings. The van der Waals surface area contributed by atoms with E-state index in [2.05, 4.69) is 26.1 Å². The Morgan fingerprint density at radius 1 is 1.33 bits per heavy atom. The lowest BCUT2D eigenvalue weighted by atomic mass is 10.1. The summed E-state index contributed by atoms with van der Waals surface area (Å²) in [6.07, 6.45) is 1.33. The molecule has 2 nitrogen and oxygen atoms in total. The van der Waals surface area contributed by atoms with Gasteiger partial charge in [-0.3, -0.25) is 0 Å². The largest absolute Gasteiger partial charge is 0.379 e. The summed E-state index contributed by atoms with van der Waals surface area (Å²) in [5.74, 6) is 0.696. The Morgan fingerprint density at radius 3 is 2.42 bits per heavy atom. The van der Waals surface area contributed by atoms with Crippen molar-refractivity contribution in [3.63, 3.8) is 0 Å². The fourth-order valence-electron chi connectivity index (χ4n) is 1.88. The zero-order chi connectivity index (χ0) is 8.77. The highest BCUT2D eigenvalue weighted by Gasteiger charge is 2.47. The van der Waals surface area contributed by atoms with E-state index in [9.17, 15) is 0 Å². The number of ether oxygens (including phenoxy) is 1. The normalized spacial score (nSPS) is 44.8. The fraction of sp³-hybridized carbons (Fsp3) is 1.00. The van der Waals surface area contributed by atoms with Gasteiger partial charge in [-0.25, -0.2) is 0 Å². The third-order valence-electron chi connectivity index (χ3n) is 3.29. The second-order valence-electron chi connectivity index (χ2n) is 5.03. The molecule has 1 saturated heterocycles. The third kappa shape index (κ3) is 1.50. The second-order valence-corrected chi connectivity index (χ2v) is 5.03. The highest BCUT2D eigenvalue weighted by atomic mass is 16.5. The van der Waals surface area contributed by atoms with Gasteiger partial charge in [-0.1, -0.05) is 20.8 Å². The van der Waals surface area contributed by atoms with Gasteiger partial charge in [0.1, 0.15) is 0 Å². The molecule has 2 rings (SSSR count). The summed E-state index contributed by atoms with van der Waals surface area (Å²) in [4.78, 5) is 0. The molecule has 3 unspecified atom stereocenters. The lowest BCUT2D eigenvalue weighted by molar-refractivity contribution is 0.183. The molecule has 2 aliphatic rings. The Bertz CT molecular complexity index is 179. The van der Waals surface area contributed by atoms with Crippen molar-refractivity contribution in [2.75, 3.05) is 13.2 Å². The van der Waals surface area contributed by atoms with E-state index in [1.165, 1.54) is 6.42 Å². The molecule has 1 N–H and O–H groups in total. The topological polar surface area (TPSA) is 21.3 Å². The van der Waals surface area contributed by atoms with Gasteiger partial charge in [0.25, 0.3) is 0 Å². The minimum absolute atomic E-state index is 0.544. The van der Waals surface area contributed by atoms with Crippen molar-refractivity contribution in [2.24, 2.45) is 11.3 Å². The Balaban J connectivity index is 1.80. The highest BCUT2D eigenvalue weighted by molar-refractivity contribution is 5.03. The van der Waals surface area contributed by atoms with Crippen LogP contribution in [0.15, 0.2) is 0 Å². The van der Waals surface area contributed by atoms with E-state index >= 15 is 0 Å². The van der Waals surface area contributed by atoms with Crippen LogP contribution < -0.4 is 5.32 Å². The maximum Gasteiger partial charge on any atom is 0.0623 e. The van der Waals surface area contributed by atoms with Gasteiger partial charge < -0.3 is 10.1 Å². The van der Waals surface area contributed by atoms with Crippen LogP contribution in [0.2, 0.25) is 0 Å². The number of hydrogen-bond acceptors (Lipinski definition) is 2.